The Hall–Kier alpha value is 0.630. The van der Waals surface area contributed by atoms with Crippen LogP contribution >= 0.6 is 50.1 Å². The number of nitrogens with two attached hydrogens (primary N) is 1. The third-order valence-corrected chi connectivity index (χ3v) is 5.18. The zero-order chi connectivity index (χ0) is 10.2. The first-order valence-electron chi connectivity index (χ1n) is 3.00. The standard InChI is InChI=1S/C6H4BrClINO2S/c7-5-4(13(10,11)12)2-1-3(9)6(5)8/h1-2H,(H2,10,11,12). The third kappa shape index (κ3) is 2.56. The van der Waals surface area contributed by atoms with Crippen molar-refractivity contribution in [2.45, 2.75) is 4.90 Å². The summed E-state index contributed by atoms with van der Waals surface area (Å²) in [7, 11) is -3.71. The van der Waals surface area contributed by atoms with E-state index in [0.29, 0.717) is 9.50 Å². The van der Waals surface area contributed by atoms with Gasteiger partial charge in [0.25, 0.3) is 0 Å². The minimum atomic E-state index is -3.71. The van der Waals surface area contributed by atoms with Gasteiger partial charge in [-0.3, -0.25) is 0 Å². The number of rotatable bonds is 1. The highest BCUT2D eigenvalue weighted by atomic mass is 127. The van der Waals surface area contributed by atoms with Crippen LogP contribution in [0, 0.1) is 3.57 Å². The lowest BCUT2D eigenvalue weighted by atomic mass is 10.4. The largest absolute Gasteiger partial charge is 0.239 e. The fraction of sp³-hybridized carbons (Fsp3) is 0. The smallest absolute Gasteiger partial charge is 0.225 e. The van der Waals surface area contributed by atoms with Gasteiger partial charge in [-0.15, -0.1) is 0 Å². The molecule has 0 fully saturated rings. The Bertz CT molecular complexity index is 448. The summed E-state index contributed by atoms with van der Waals surface area (Å²) in [5.74, 6) is 0. The maximum atomic E-state index is 11.0. The lowest BCUT2D eigenvalue weighted by Crippen LogP contribution is -2.13. The SMILES string of the molecule is NS(=O)(=O)c1ccc(I)c(Cl)c1Br. The van der Waals surface area contributed by atoms with Crippen LogP contribution in [0.25, 0.3) is 0 Å². The van der Waals surface area contributed by atoms with Crippen LogP contribution in [0.1, 0.15) is 0 Å². The van der Waals surface area contributed by atoms with E-state index in [-0.39, 0.29) is 4.90 Å². The second-order valence-corrected chi connectivity index (χ2v) is 6.08. The van der Waals surface area contributed by atoms with Crippen molar-refractivity contribution < 1.29 is 8.42 Å². The van der Waals surface area contributed by atoms with E-state index in [1.54, 1.807) is 6.07 Å². The molecule has 1 aromatic carbocycles. The van der Waals surface area contributed by atoms with E-state index in [2.05, 4.69) is 15.9 Å². The minimum absolute atomic E-state index is 0.00193. The van der Waals surface area contributed by atoms with Crippen molar-refractivity contribution in [3.05, 3.63) is 25.2 Å². The molecule has 0 heterocycles. The second kappa shape index (κ2) is 4.01. The molecule has 1 aromatic rings. The molecule has 0 saturated carbocycles. The second-order valence-electron chi connectivity index (χ2n) is 2.22. The van der Waals surface area contributed by atoms with Gasteiger partial charge >= 0.3 is 0 Å². The maximum Gasteiger partial charge on any atom is 0.239 e. The van der Waals surface area contributed by atoms with Gasteiger partial charge in [-0.2, -0.15) is 0 Å². The summed E-state index contributed by atoms with van der Waals surface area (Å²) in [5, 5.41) is 5.31. The fourth-order valence-electron chi connectivity index (χ4n) is 0.728. The molecule has 0 aliphatic carbocycles. The lowest BCUT2D eigenvalue weighted by molar-refractivity contribution is 0.597. The van der Waals surface area contributed by atoms with Crippen molar-refractivity contribution in [2.75, 3.05) is 0 Å². The zero-order valence-electron chi connectivity index (χ0n) is 6.09. The van der Waals surface area contributed by atoms with Crippen molar-refractivity contribution >= 4 is 60.1 Å². The van der Waals surface area contributed by atoms with Crippen LogP contribution in [0.3, 0.4) is 0 Å². The molecule has 0 radical (unpaired) electrons. The van der Waals surface area contributed by atoms with Crippen molar-refractivity contribution in [3.63, 3.8) is 0 Å². The molecule has 0 atom stereocenters. The first kappa shape index (κ1) is 11.7. The van der Waals surface area contributed by atoms with E-state index in [1.165, 1.54) is 6.07 Å². The number of halogens is 3. The molecule has 7 heteroatoms. The highest BCUT2D eigenvalue weighted by molar-refractivity contribution is 14.1. The summed E-state index contributed by atoms with van der Waals surface area (Å²) in [6, 6.07) is 3.00. The Labute approximate surface area is 103 Å². The third-order valence-electron chi connectivity index (χ3n) is 1.31. The molecule has 0 aliphatic rings. The normalized spacial score (nSPS) is 11.7. The Morgan fingerprint density at radius 3 is 2.46 bits per heavy atom. The fourth-order valence-corrected chi connectivity index (χ4v) is 3.40. The average molecular weight is 396 g/mol. The van der Waals surface area contributed by atoms with Gasteiger partial charge in [0.1, 0.15) is 0 Å². The Balaban J connectivity index is 3.53. The molecular weight excluding hydrogens is 392 g/mol. The van der Waals surface area contributed by atoms with Gasteiger partial charge in [0.15, 0.2) is 0 Å². The van der Waals surface area contributed by atoms with E-state index in [1.807, 2.05) is 22.6 Å². The van der Waals surface area contributed by atoms with E-state index in [4.69, 9.17) is 16.7 Å². The Morgan fingerprint density at radius 1 is 1.46 bits per heavy atom. The summed E-state index contributed by atoms with van der Waals surface area (Å²) >= 11 is 10.9. The molecular formula is C6H4BrClINO2S. The maximum absolute atomic E-state index is 11.0. The molecule has 0 amide bonds. The molecule has 13 heavy (non-hydrogen) atoms. The molecule has 3 nitrogen and oxygen atoms in total. The van der Waals surface area contributed by atoms with E-state index < -0.39 is 10.0 Å². The molecule has 0 aliphatic heterocycles. The van der Waals surface area contributed by atoms with Crippen LogP contribution in [0.2, 0.25) is 5.02 Å². The monoisotopic (exact) mass is 395 g/mol. The predicted octanol–water partition coefficient (Wildman–Crippen LogP) is 2.35. The van der Waals surface area contributed by atoms with Crippen LogP contribution < -0.4 is 5.14 Å². The number of benzene rings is 1. The van der Waals surface area contributed by atoms with Crippen molar-refractivity contribution in [1.82, 2.24) is 0 Å². The summed E-state index contributed by atoms with van der Waals surface area (Å²) in [6.07, 6.45) is 0. The highest BCUT2D eigenvalue weighted by Crippen LogP contribution is 2.32. The Morgan fingerprint density at radius 2 is 2.00 bits per heavy atom. The van der Waals surface area contributed by atoms with Gasteiger partial charge in [0, 0.05) is 3.57 Å². The number of hydrogen-bond donors (Lipinski definition) is 1. The lowest BCUT2D eigenvalue weighted by Gasteiger charge is -2.04. The molecule has 1 rings (SSSR count). The van der Waals surface area contributed by atoms with Crippen molar-refractivity contribution in [1.29, 1.82) is 0 Å². The number of sulfonamides is 1. The summed E-state index contributed by atoms with van der Waals surface area (Å²) in [6.45, 7) is 0. The zero-order valence-corrected chi connectivity index (χ0v) is 11.4. The predicted molar refractivity (Wildman–Crippen MR) is 63.2 cm³/mol. The molecule has 0 saturated heterocycles. The molecule has 0 spiro atoms. The van der Waals surface area contributed by atoms with Gasteiger partial charge in [-0.1, -0.05) is 11.6 Å². The van der Waals surface area contributed by atoms with Crippen molar-refractivity contribution in [2.24, 2.45) is 5.14 Å². The first-order chi connectivity index (χ1) is 5.84. The van der Waals surface area contributed by atoms with Crippen LogP contribution in [-0.4, -0.2) is 8.42 Å². The molecule has 72 valence electrons. The topological polar surface area (TPSA) is 60.2 Å². The highest BCUT2D eigenvalue weighted by Gasteiger charge is 2.16. The molecule has 0 bridgehead atoms. The molecule has 0 unspecified atom stereocenters. The van der Waals surface area contributed by atoms with E-state index in [0.717, 1.165) is 3.57 Å². The van der Waals surface area contributed by atoms with Crippen LogP contribution in [0.4, 0.5) is 0 Å². The van der Waals surface area contributed by atoms with Gasteiger partial charge in [0.05, 0.1) is 14.4 Å². The van der Waals surface area contributed by atoms with Gasteiger partial charge in [-0.05, 0) is 50.7 Å². The van der Waals surface area contributed by atoms with Gasteiger partial charge in [0.2, 0.25) is 10.0 Å². The quantitative estimate of drug-likeness (QED) is 0.585. The van der Waals surface area contributed by atoms with Crippen LogP contribution in [0.15, 0.2) is 21.5 Å². The van der Waals surface area contributed by atoms with Crippen LogP contribution in [0.5, 0.6) is 0 Å². The van der Waals surface area contributed by atoms with E-state index >= 15 is 0 Å². The molecule has 0 aromatic heterocycles. The first-order valence-corrected chi connectivity index (χ1v) is 6.80. The average Bonchev–Trinajstić information content (AvgIpc) is 1.98. The number of primary sulfonamides is 1. The van der Waals surface area contributed by atoms with Gasteiger partial charge in [-0.25, -0.2) is 13.6 Å². The van der Waals surface area contributed by atoms with Gasteiger partial charge < -0.3 is 0 Å². The summed E-state index contributed by atoms with van der Waals surface area (Å²) in [5.41, 5.74) is 0. The number of hydrogen-bond acceptors (Lipinski definition) is 2. The minimum Gasteiger partial charge on any atom is -0.225 e. The van der Waals surface area contributed by atoms with Crippen LogP contribution in [-0.2, 0) is 10.0 Å². The van der Waals surface area contributed by atoms with E-state index in [9.17, 15) is 8.42 Å². The van der Waals surface area contributed by atoms with Crippen molar-refractivity contribution in [3.8, 4) is 0 Å². The molecule has 2 N–H and O–H groups in total. The summed E-state index contributed by atoms with van der Waals surface area (Å²) < 4.78 is 23.1. The Kier molecular flexibility index (Phi) is 3.61. The summed E-state index contributed by atoms with van der Waals surface area (Å²) in [4.78, 5) is -0.00193.